The summed E-state index contributed by atoms with van der Waals surface area (Å²) in [5.74, 6) is 0.534. The zero-order chi connectivity index (χ0) is 13.0. The van der Waals surface area contributed by atoms with Crippen LogP contribution in [0.3, 0.4) is 0 Å². The van der Waals surface area contributed by atoms with Crippen LogP contribution < -0.4 is 5.32 Å². The maximum Gasteiger partial charge on any atom is 0.128 e. The number of halogens is 3. The van der Waals surface area contributed by atoms with Crippen LogP contribution >= 0.6 is 27.5 Å². The molecule has 0 radical (unpaired) electrons. The highest BCUT2D eigenvalue weighted by Gasteiger charge is 2.32. The molecule has 1 aliphatic rings. The van der Waals surface area contributed by atoms with E-state index in [-0.39, 0.29) is 11.2 Å². The molecule has 1 fully saturated rings. The number of hydrogen-bond donors (Lipinski definition) is 1. The fourth-order valence-corrected chi connectivity index (χ4v) is 3.30. The SMILES string of the molecule is Fc1cc(Br)ccc1CNCC1(CCl)CCCC1. The highest BCUT2D eigenvalue weighted by Crippen LogP contribution is 2.38. The van der Waals surface area contributed by atoms with Crippen molar-refractivity contribution in [3.05, 3.63) is 34.1 Å². The maximum absolute atomic E-state index is 13.6. The molecule has 4 heteroatoms. The standard InChI is InChI=1S/C14H18BrClFN/c15-12-4-3-11(13(17)7-12)8-18-10-14(9-16)5-1-2-6-14/h3-4,7,18H,1-2,5-6,8-10H2. The quantitative estimate of drug-likeness (QED) is 0.783. The van der Waals surface area contributed by atoms with Gasteiger partial charge < -0.3 is 5.32 Å². The van der Waals surface area contributed by atoms with Gasteiger partial charge in [-0.2, -0.15) is 0 Å². The van der Waals surface area contributed by atoms with Crippen LogP contribution in [-0.2, 0) is 6.54 Å². The van der Waals surface area contributed by atoms with Crippen LogP contribution in [0.5, 0.6) is 0 Å². The molecule has 1 aromatic carbocycles. The normalized spacial score (nSPS) is 18.2. The van der Waals surface area contributed by atoms with Crippen molar-refractivity contribution < 1.29 is 4.39 Å². The summed E-state index contributed by atoms with van der Waals surface area (Å²) in [6.45, 7) is 1.45. The Hall–Kier alpha value is -0.120. The number of nitrogens with one attached hydrogen (secondary N) is 1. The van der Waals surface area contributed by atoms with E-state index in [4.69, 9.17) is 11.6 Å². The van der Waals surface area contributed by atoms with Crippen molar-refractivity contribution in [3.8, 4) is 0 Å². The van der Waals surface area contributed by atoms with E-state index < -0.39 is 0 Å². The van der Waals surface area contributed by atoms with Crippen LogP contribution in [-0.4, -0.2) is 12.4 Å². The minimum absolute atomic E-state index is 0.164. The van der Waals surface area contributed by atoms with Gasteiger partial charge in [0.2, 0.25) is 0 Å². The van der Waals surface area contributed by atoms with Crippen LogP contribution in [0.15, 0.2) is 22.7 Å². The fourth-order valence-electron chi connectivity index (χ4n) is 2.61. The molecule has 0 heterocycles. The molecule has 0 saturated heterocycles. The van der Waals surface area contributed by atoms with Crippen LogP contribution in [0.2, 0.25) is 0 Å². The van der Waals surface area contributed by atoms with Crippen molar-refractivity contribution in [1.29, 1.82) is 0 Å². The summed E-state index contributed by atoms with van der Waals surface area (Å²) >= 11 is 9.34. The Balaban J connectivity index is 1.88. The van der Waals surface area contributed by atoms with E-state index in [1.54, 1.807) is 0 Å². The van der Waals surface area contributed by atoms with Crippen molar-refractivity contribution in [2.45, 2.75) is 32.2 Å². The van der Waals surface area contributed by atoms with Crippen molar-refractivity contribution in [2.24, 2.45) is 5.41 Å². The Morgan fingerprint density at radius 2 is 2.06 bits per heavy atom. The molecule has 1 saturated carbocycles. The van der Waals surface area contributed by atoms with E-state index in [0.29, 0.717) is 18.0 Å². The zero-order valence-electron chi connectivity index (χ0n) is 10.3. The summed E-state index contributed by atoms with van der Waals surface area (Å²) in [5, 5.41) is 3.36. The fraction of sp³-hybridized carbons (Fsp3) is 0.571. The maximum atomic E-state index is 13.6. The van der Waals surface area contributed by atoms with Gasteiger partial charge in [0.05, 0.1) is 0 Å². The van der Waals surface area contributed by atoms with Crippen molar-refractivity contribution in [2.75, 3.05) is 12.4 Å². The molecule has 0 spiro atoms. The van der Waals surface area contributed by atoms with Crippen LogP contribution in [0.4, 0.5) is 4.39 Å². The average molecular weight is 335 g/mol. The van der Waals surface area contributed by atoms with Crippen LogP contribution in [0.25, 0.3) is 0 Å². The van der Waals surface area contributed by atoms with Crippen molar-refractivity contribution >= 4 is 27.5 Å². The van der Waals surface area contributed by atoms with Gasteiger partial charge in [-0.05, 0) is 30.4 Å². The van der Waals surface area contributed by atoms with Crippen LogP contribution in [0.1, 0.15) is 31.2 Å². The lowest BCUT2D eigenvalue weighted by Crippen LogP contribution is -2.33. The molecule has 1 aliphatic carbocycles. The van der Waals surface area contributed by atoms with Gasteiger partial charge in [0, 0.05) is 29.0 Å². The number of benzene rings is 1. The topological polar surface area (TPSA) is 12.0 Å². The van der Waals surface area contributed by atoms with Crippen LogP contribution in [0, 0.1) is 11.2 Å². The Morgan fingerprint density at radius 3 is 2.67 bits per heavy atom. The molecule has 1 N–H and O–H groups in total. The first-order valence-electron chi connectivity index (χ1n) is 6.36. The molecular weight excluding hydrogens is 317 g/mol. The Morgan fingerprint density at radius 1 is 1.33 bits per heavy atom. The Kier molecular flexibility index (Phi) is 5.05. The van der Waals surface area contributed by atoms with Gasteiger partial charge in [-0.15, -0.1) is 11.6 Å². The van der Waals surface area contributed by atoms with Gasteiger partial charge in [-0.3, -0.25) is 0 Å². The molecule has 0 unspecified atom stereocenters. The lowest BCUT2D eigenvalue weighted by atomic mass is 9.88. The summed E-state index contributed by atoms with van der Waals surface area (Å²) in [4.78, 5) is 0. The predicted octanol–water partition coefficient (Wildman–Crippen LogP) is 4.48. The summed E-state index contributed by atoms with van der Waals surface area (Å²) in [7, 11) is 0. The van der Waals surface area contributed by atoms with E-state index in [0.717, 1.165) is 11.0 Å². The lowest BCUT2D eigenvalue weighted by molar-refractivity contribution is 0.319. The molecule has 2 rings (SSSR count). The zero-order valence-corrected chi connectivity index (χ0v) is 12.7. The molecule has 1 nitrogen and oxygen atoms in total. The second-order valence-electron chi connectivity index (χ2n) is 5.18. The van der Waals surface area contributed by atoms with E-state index >= 15 is 0 Å². The summed E-state index contributed by atoms with van der Waals surface area (Å²) < 4.78 is 14.4. The molecule has 0 atom stereocenters. The molecule has 18 heavy (non-hydrogen) atoms. The highest BCUT2D eigenvalue weighted by molar-refractivity contribution is 9.10. The number of hydrogen-bond acceptors (Lipinski definition) is 1. The van der Waals surface area contributed by atoms with Crippen molar-refractivity contribution in [1.82, 2.24) is 5.32 Å². The second kappa shape index (κ2) is 6.36. The van der Waals surface area contributed by atoms with Gasteiger partial charge >= 0.3 is 0 Å². The molecule has 0 aromatic heterocycles. The lowest BCUT2D eigenvalue weighted by Gasteiger charge is -2.26. The Labute approximate surface area is 121 Å². The summed E-state index contributed by atoms with van der Waals surface area (Å²) in [6, 6.07) is 5.19. The average Bonchev–Trinajstić information content (AvgIpc) is 2.81. The number of rotatable bonds is 5. The molecule has 0 amide bonds. The molecule has 0 aliphatic heterocycles. The largest absolute Gasteiger partial charge is 0.312 e. The molecule has 0 bridgehead atoms. The van der Waals surface area contributed by atoms with E-state index in [9.17, 15) is 4.39 Å². The van der Waals surface area contributed by atoms with Gasteiger partial charge in [0.25, 0.3) is 0 Å². The number of alkyl halides is 1. The van der Waals surface area contributed by atoms with Gasteiger partial charge in [-0.1, -0.05) is 34.8 Å². The Bertz CT molecular complexity index is 405. The molecular formula is C14H18BrClFN. The second-order valence-corrected chi connectivity index (χ2v) is 6.36. The summed E-state index contributed by atoms with van der Waals surface area (Å²) in [6.07, 6.45) is 4.90. The third-order valence-electron chi connectivity index (χ3n) is 3.78. The third-order valence-corrected chi connectivity index (χ3v) is 4.84. The summed E-state index contributed by atoms with van der Waals surface area (Å²) in [5.41, 5.74) is 0.939. The minimum Gasteiger partial charge on any atom is -0.312 e. The molecule has 100 valence electrons. The predicted molar refractivity (Wildman–Crippen MR) is 77.4 cm³/mol. The first-order valence-corrected chi connectivity index (χ1v) is 7.69. The first-order chi connectivity index (χ1) is 8.65. The van der Waals surface area contributed by atoms with Gasteiger partial charge in [0.15, 0.2) is 0 Å². The minimum atomic E-state index is -0.164. The van der Waals surface area contributed by atoms with E-state index in [1.807, 2.05) is 12.1 Å². The highest BCUT2D eigenvalue weighted by atomic mass is 79.9. The van der Waals surface area contributed by atoms with E-state index in [2.05, 4.69) is 21.2 Å². The smallest absolute Gasteiger partial charge is 0.128 e. The van der Waals surface area contributed by atoms with Crippen molar-refractivity contribution in [3.63, 3.8) is 0 Å². The van der Waals surface area contributed by atoms with Gasteiger partial charge in [0.1, 0.15) is 5.82 Å². The van der Waals surface area contributed by atoms with E-state index in [1.165, 1.54) is 31.7 Å². The monoisotopic (exact) mass is 333 g/mol. The molecule has 1 aromatic rings. The third kappa shape index (κ3) is 3.46. The first kappa shape index (κ1) is 14.3. The van der Waals surface area contributed by atoms with Gasteiger partial charge in [-0.25, -0.2) is 4.39 Å².